The summed E-state index contributed by atoms with van der Waals surface area (Å²) in [7, 11) is 0. The molecule has 2 aromatic rings. The summed E-state index contributed by atoms with van der Waals surface area (Å²) in [5.41, 5.74) is 1.04. The molecule has 0 unspecified atom stereocenters. The Kier molecular flexibility index (Phi) is 2.83. The molecule has 1 aromatic heterocycles. The number of aryl methyl sites for hydroxylation is 1. The molecule has 1 aromatic carbocycles. The van der Waals surface area contributed by atoms with E-state index < -0.39 is 0 Å². The van der Waals surface area contributed by atoms with Crippen LogP contribution in [0.15, 0.2) is 36.8 Å². The zero-order valence-corrected chi connectivity index (χ0v) is 8.90. The van der Waals surface area contributed by atoms with Crippen LogP contribution < -0.4 is 4.74 Å². The number of nitrogens with zero attached hydrogens (tertiary/aromatic N) is 2. The van der Waals surface area contributed by atoms with Gasteiger partial charge < -0.3 is 4.74 Å². The highest BCUT2D eigenvalue weighted by Gasteiger charge is 2.05. The summed E-state index contributed by atoms with van der Waals surface area (Å²) >= 11 is 5.85. The molecule has 0 saturated heterocycles. The molecule has 0 radical (unpaired) electrons. The van der Waals surface area contributed by atoms with Gasteiger partial charge in [-0.3, -0.25) is 0 Å². The molecule has 0 aliphatic carbocycles. The minimum absolute atomic E-state index is 0.313. The molecule has 15 heavy (non-hydrogen) atoms. The lowest BCUT2D eigenvalue weighted by molar-refractivity contribution is 0.474. The SMILES string of the molecule is Cc1ccccc1Oc1cncnc1Cl. The number of hydrogen-bond donors (Lipinski definition) is 0. The zero-order valence-electron chi connectivity index (χ0n) is 8.14. The van der Waals surface area contributed by atoms with Crippen molar-refractivity contribution in [1.29, 1.82) is 0 Å². The Balaban J connectivity index is 2.30. The number of halogens is 1. The van der Waals surface area contributed by atoms with Crippen molar-refractivity contribution in [2.75, 3.05) is 0 Å². The quantitative estimate of drug-likeness (QED) is 0.729. The molecule has 0 spiro atoms. The Morgan fingerprint density at radius 1 is 1.20 bits per heavy atom. The lowest BCUT2D eigenvalue weighted by atomic mass is 10.2. The van der Waals surface area contributed by atoms with E-state index in [1.54, 1.807) is 6.20 Å². The standard InChI is InChI=1S/C11H9ClN2O/c1-8-4-2-3-5-9(8)15-10-6-13-7-14-11(10)12/h2-7H,1H3. The van der Waals surface area contributed by atoms with Gasteiger partial charge in [-0.05, 0) is 18.6 Å². The average Bonchev–Trinajstić information content (AvgIpc) is 2.24. The second-order valence-electron chi connectivity index (χ2n) is 3.05. The first-order chi connectivity index (χ1) is 7.27. The van der Waals surface area contributed by atoms with E-state index in [1.165, 1.54) is 6.33 Å². The lowest BCUT2D eigenvalue weighted by Crippen LogP contribution is -1.90. The van der Waals surface area contributed by atoms with Crippen molar-refractivity contribution >= 4 is 11.6 Å². The monoisotopic (exact) mass is 220 g/mol. The average molecular weight is 221 g/mol. The van der Waals surface area contributed by atoms with Crippen LogP contribution in [0.2, 0.25) is 5.15 Å². The van der Waals surface area contributed by atoms with E-state index in [0.29, 0.717) is 10.9 Å². The van der Waals surface area contributed by atoms with Crippen molar-refractivity contribution in [3.05, 3.63) is 47.5 Å². The highest BCUT2D eigenvalue weighted by molar-refractivity contribution is 6.30. The van der Waals surface area contributed by atoms with Crippen molar-refractivity contribution in [2.24, 2.45) is 0 Å². The van der Waals surface area contributed by atoms with Crippen LogP contribution in [0.4, 0.5) is 0 Å². The van der Waals surface area contributed by atoms with E-state index >= 15 is 0 Å². The van der Waals surface area contributed by atoms with Crippen molar-refractivity contribution in [2.45, 2.75) is 6.92 Å². The van der Waals surface area contributed by atoms with E-state index in [9.17, 15) is 0 Å². The fraction of sp³-hybridized carbons (Fsp3) is 0.0909. The van der Waals surface area contributed by atoms with Gasteiger partial charge in [0.1, 0.15) is 12.1 Å². The molecule has 0 saturated carbocycles. The Morgan fingerprint density at radius 2 is 2.00 bits per heavy atom. The molecule has 3 nitrogen and oxygen atoms in total. The Morgan fingerprint density at radius 3 is 2.73 bits per heavy atom. The van der Waals surface area contributed by atoms with Gasteiger partial charge in [-0.1, -0.05) is 29.8 Å². The third-order valence-electron chi connectivity index (χ3n) is 1.95. The molecular weight excluding hydrogens is 212 g/mol. The lowest BCUT2D eigenvalue weighted by Gasteiger charge is -2.07. The second-order valence-corrected chi connectivity index (χ2v) is 3.40. The highest BCUT2D eigenvalue weighted by atomic mass is 35.5. The Labute approximate surface area is 92.7 Å². The fourth-order valence-electron chi connectivity index (χ4n) is 1.16. The third-order valence-corrected chi connectivity index (χ3v) is 2.23. The minimum Gasteiger partial charge on any atom is -0.452 e. The highest BCUT2D eigenvalue weighted by Crippen LogP contribution is 2.28. The van der Waals surface area contributed by atoms with E-state index in [-0.39, 0.29) is 0 Å². The molecule has 0 aliphatic rings. The number of para-hydroxylation sites is 1. The van der Waals surface area contributed by atoms with Crippen LogP contribution in [0.5, 0.6) is 11.5 Å². The molecule has 0 N–H and O–H groups in total. The summed E-state index contributed by atoms with van der Waals surface area (Å²) in [5, 5.41) is 0.313. The van der Waals surface area contributed by atoms with Crippen LogP contribution in [0.1, 0.15) is 5.56 Å². The van der Waals surface area contributed by atoms with E-state index in [2.05, 4.69) is 9.97 Å². The number of benzene rings is 1. The van der Waals surface area contributed by atoms with E-state index in [0.717, 1.165) is 11.3 Å². The van der Waals surface area contributed by atoms with Crippen LogP contribution in [-0.4, -0.2) is 9.97 Å². The summed E-state index contributed by atoms with van der Waals surface area (Å²) in [6.45, 7) is 1.97. The van der Waals surface area contributed by atoms with Gasteiger partial charge in [-0.25, -0.2) is 9.97 Å². The first-order valence-corrected chi connectivity index (χ1v) is 4.84. The summed E-state index contributed by atoms with van der Waals surface area (Å²) in [5.74, 6) is 1.22. The maximum Gasteiger partial charge on any atom is 0.182 e. The first-order valence-electron chi connectivity index (χ1n) is 4.46. The van der Waals surface area contributed by atoms with Crippen LogP contribution >= 0.6 is 11.6 Å². The summed E-state index contributed by atoms with van der Waals surface area (Å²) in [4.78, 5) is 7.69. The third kappa shape index (κ3) is 2.25. The van der Waals surface area contributed by atoms with Crippen molar-refractivity contribution < 1.29 is 4.74 Å². The van der Waals surface area contributed by atoms with E-state index in [1.807, 2.05) is 31.2 Å². The molecular formula is C11H9ClN2O. The summed E-state index contributed by atoms with van der Waals surface area (Å²) < 4.78 is 5.58. The predicted octanol–water partition coefficient (Wildman–Crippen LogP) is 3.23. The van der Waals surface area contributed by atoms with Gasteiger partial charge in [0.15, 0.2) is 10.9 Å². The van der Waals surface area contributed by atoms with Crippen LogP contribution in [-0.2, 0) is 0 Å². The number of ether oxygens (including phenoxy) is 1. The first kappa shape index (κ1) is 9.93. The summed E-state index contributed by atoms with van der Waals surface area (Å²) in [6, 6.07) is 7.69. The van der Waals surface area contributed by atoms with Crippen molar-refractivity contribution in [3.63, 3.8) is 0 Å². The van der Waals surface area contributed by atoms with Gasteiger partial charge in [0.05, 0.1) is 6.20 Å². The topological polar surface area (TPSA) is 35.0 Å². The van der Waals surface area contributed by atoms with Crippen LogP contribution in [0, 0.1) is 6.92 Å². The molecule has 76 valence electrons. The van der Waals surface area contributed by atoms with Gasteiger partial charge >= 0.3 is 0 Å². The molecule has 0 atom stereocenters. The van der Waals surface area contributed by atoms with Gasteiger partial charge in [0.25, 0.3) is 0 Å². The molecule has 0 fully saturated rings. The smallest absolute Gasteiger partial charge is 0.182 e. The molecule has 0 bridgehead atoms. The number of rotatable bonds is 2. The van der Waals surface area contributed by atoms with Gasteiger partial charge in [-0.2, -0.15) is 0 Å². The van der Waals surface area contributed by atoms with Gasteiger partial charge in [0.2, 0.25) is 0 Å². The Bertz CT molecular complexity index is 430. The second kappa shape index (κ2) is 4.28. The van der Waals surface area contributed by atoms with Crippen molar-refractivity contribution in [1.82, 2.24) is 9.97 Å². The zero-order chi connectivity index (χ0) is 10.7. The largest absolute Gasteiger partial charge is 0.452 e. The molecule has 2 rings (SSSR count). The predicted molar refractivity (Wildman–Crippen MR) is 58.3 cm³/mol. The van der Waals surface area contributed by atoms with Crippen LogP contribution in [0.25, 0.3) is 0 Å². The molecule has 0 aliphatic heterocycles. The fourth-order valence-corrected chi connectivity index (χ4v) is 1.29. The number of aromatic nitrogens is 2. The van der Waals surface area contributed by atoms with Crippen molar-refractivity contribution in [3.8, 4) is 11.5 Å². The minimum atomic E-state index is 0.313. The maximum absolute atomic E-state index is 5.85. The van der Waals surface area contributed by atoms with Gasteiger partial charge in [0, 0.05) is 0 Å². The normalized spacial score (nSPS) is 10.0. The summed E-state index contributed by atoms with van der Waals surface area (Å²) in [6.07, 6.45) is 2.93. The molecule has 1 heterocycles. The van der Waals surface area contributed by atoms with Crippen LogP contribution in [0.3, 0.4) is 0 Å². The molecule has 0 amide bonds. The number of hydrogen-bond acceptors (Lipinski definition) is 3. The maximum atomic E-state index is 5.85. The molecule has 4 heteroatoms. The van der Waals surface area contributed by atoms with Gasteiger partial charge in [-0.15, -0.1) is 0 Å². The van der Waals surface area contributed by atoms with E-state index in [4.69, 9.17) is 16.3 Å². The Hall–Kier alpha value is -1.61.